The van der Waals surface area contributed by atoms with E-state index in [-0.39, 0.29) is 6.71 Å². The standard InChI is InChI=1S/C50H34BN3/c1-5-19-37(20-6-1)52(38-21-7-2-8-22-38)41-33-46-48-47(34-41)54(40-25-11-4-12-26-40)50-43-28-16-14-18-36(43)30-32-45(50)51(48)44-31-29-35-17-13-15-27-42(35)49(44)53(46)39-23-9-3-10-24-39/h1-34H. The molecule has 54 heavy (non-hydrogen) atoms. The topological polar surface area (TPSA) is 9.72 Å². The molecule has 2 aliphatic heterocycles. The van der Waals surface area contributed by atoms with Gasteiger partial charge in [0.05, 0.1) is 5.69 Å². The number of fused-ring (bicyclic) bond motifs is 8. The maximum absolute atomic E-state index is 2.53. The Morgan fingerprint density at radius 3 is 1.19 bits per heavy atom. The molecule has 2 heterocycles. The third kappa shape index (κ3) is 4.63. The average molecular weight is 688 g/mol. The second kappa shape index (κ2) is 12.3. The zero-order valence-electron chi connectivity index (χ0n) is 29.5. The molecule has 0 fully saturated rings. The zero-order chi connectivity index (χ0) is 35.6. The third-order valence-electron chi connectivity index (χ3n) is 11.1. The molecule has 9 aromatic rings. The number of para-hydroxylation sites is 4. The summed E-state index contributed by atoms with van der Waals surface area (Å²) in [5.74, 6) is 0. The summed E-state index contributed by atoms with van der Waals surface area (Å²) < 4.78 is 0. The Balaban J connectivity index is 1.32. The van der Waals surface area contributed by atoms with Gasteiger partial charge in [0.1, 0.15) is 0 Å². The fraction of sp³-hybridized carbons (Fsp3) is 0. The van der Waals surface area contributed by atoms with E-state index in [1.165, 1.54) is 60.7 Å². The number of hydrogen-bond donors (Lipinski definition) is 0. The van der Waals surface area contributed by atoms with E-state index in [0.29, 0.717) is 0 Å². The van der Waals surface area contributed by atoms with Crippen molar-refractivity contribution >= 4 is 95.8 Å². The highest BCUT2D eigenvalue weighted by Gasteiger charge is 2.45. The van der Waals surface area contributed by atoms with Crippen LogP contribution in [0.2, 0.25) is 0 Å². The van der Waals surface area contributed by atoms with E-state index in [9.17, 15) is 0 Å². The molecule has 2 aliphatic rings. The van der Waals surface area contributed by atoms with Gasteiger partial charge in [-0.2, -0.15) is 0 Å². The Morgan fingerprint density at radius 1 is 0.352 bits per heavy atom. The minimum Gasteiger partial charge on any atom is -0.311 e. The molecule has 0 N–H and O–H groups in total. The van der Waals surface area contributed by atoms with Gasteiger partial charge in [-0.3, -0.25) is 0 Å². The lowest BCUT2D eigenvalue weighted by atomic mass is 9.33. The van der Waals surface area contributed by atoms with Crippen LogP contribution in [0, 0.1) is 0 Å². The van der Waals surface area contributed by atoms with Crippen molar-refractivity contribution in [1.29, 1.82) is 0 Å². The molecule has 9 aromatic carbocycles. The molecule has 0 saturated heterocycles. The predicted molar refractivity (Wildman–Crippen MR) is 230 cm³/mol. The molecule has 0 amide bonds. The Bertz CT molecular complexity index is 2650. The number of anilines is 9. The van der Waals surface area contributed by atoms with Gasteiger partial charge in [0.25, 0.3) is 6.71 Å². The van der Waals surface area contributed by atoms with E-state index in [0.717, 1.165) is 28.4 Å². The fourth-order valence-corrected chi connectivity index (χ4v) is 8.92. The number of hydrogen-bond acceptors (Lipinski definition) is 3. The Kier molecular flexibility index (Phi) is 6.96. The van der Waals surface area contributed by atoms with Crippen LogP contribution >= 0.6 is 0 Å². The van der Waals surface area contributed by atoms with E-state index >= 15 is 0 Å². The molecule has 0 unspecified atom stereocenters. The average Bonchev–Trinajstić information content (AvgIpc) is 3.25. The highest BCUT2D eigenvalue weighted by atomic mass is 15.2. The highest BCUT2D eigenvalue weighted by molar-refractivity contribution is 7.00. The first-order valence-corrected chi connectivity index (χ1v) is 18.7. The minimum absolute atomic E-state index is 0.00471. The van der Waals surface area contributed by atoms with Crippen molar-refractivity contribution in [3.05, 3.63) is 206 Å². The van der Waals surface area contributed by atoms with Crippen LogP contribution in [0.3, 0.4) is 0 Å². The largest absolute Gasteiger partial charge is 0.311 e. The van der Waals surface area contributed by atoms with Gasteiger partial charge in [0.15, 0.2) is 0 Å². The normalized spacial score (nSPS) is 12.7. The summed E-state index contributed by atoms with van der Waals surface area (Å²) in [6.45, 7) is 0.00471. The van der Waals surface area contributed by atoms with E-state index in [1.807, 2.05) is 0 Å². The SMILES string of the molecule is c1ccc(N(c2ccccc2)c2cc3c4c(c2)N(c2ccccc2)c2c(ccc5ccccc25)B4c2ccc4ccccc4c2N3c2ccccc2)cc1. The molecule has 4 heteroatoms. The van der Waals surface area contributed by atoms with Gasteiger partial charge in [0, 0.05) is 56.3 Å². The lowest BCUT2D eigenvalue weighted by molar-refractivity contribution is 1.23. The molecule has 3 nitrogen and oxygen atoms in total. The summed E-state index contributed by atoms with van der Waals surface area (Å²) in [6, 6.07) is 75.3. The first-order chi connectivity index (χ1) is 26.8. The van der Waals surface area contributed by atoms with E-state index in [1.54, 1.807) is 0 Å². The van der Waals surface area contributed by atoms with Crippen LogP contribution in [-0.2, 0) is 0 Å². The summed E-state index contributed by atoms with van der Waals surface area (Å²) in [7, 11) is 0. The van der Waals surface area contributed by atoms with Crippen LogP contribution in [0.1, 0.15) is 0 Å². The summed E-state index contributed by atoms with van der Waals surface area (Å²) in [6.07, 6.45) is 0. The van der Waals surface area contributed by atoms with Crippen LogP contribution < -0.4 is 31.1 Å². The van der Waals surface area contributed by atoms with Gasteiger partial charge in [-0.05, 0) is 87.8 Å². The van der Waals surface area contributed by atoms with Crippen molar-refractivity contribution in [1.82, 2.24) is 0 Å². The molecule has 0 aromatic heterocycles. The van der Waals surface area contributed by atoms with Gasteiger partial charge < -0.3 is 14.7 Å². The maximum atomic E-state index is 2.53. The molecule has 0 atom stereocenters. The maximum Gasteiger partial charge on any atom is 0.252 e. The van der Waals surface area contributed by atoms with Crippen LogP contribution in [-0.4, -0.2) is 6.71 Å². The molecule has 0 aliphatic carbocycles. The summed E-state index contributed by atoms with van der Waals surface area (Å²) in [5, 5.41) is 4.94. The molecular formula is C50H34BN3. The Labute approximate surface area is 315 Å². The van der Waals surface area contributed by atoms with Crippen LogP contribution in [0.4, 0.5) is 51.2 Å². The van der Waals surface area contributed by atoms with Crippen LogP contribution in [0.15, 0.2) is 206 Å². The van der Waals surface area contributed by atoms with Crippen molar-refractivity contribution in [2.75, 3.05) is 14.7 Å². The monoisotopic (exact) mass is 687 g/mol. The molecule has 252 valence electrons. The Morgan fingerprint density at radius 2 is 0.741 bits per heavy atom. The van der Waals surface area contributed by atoms with Crippen LogP contribution in [0.5, 0.6) is 0 Å². The van der Waals surface area contributed by atoms with Crippen LogP contribution in [0.25, 0.3) is 21.5 Å². The van der Waals surface area contributed by atoms with E-state index in [2.05, 4.69) is 221 Å². The molecule has 0 spiro atoms. The Hall–Kier alpha value is -7.04. The second-order valence-electron chi connectivity index (χ2n) is 14.1. The molecule has 0 saturated carbocycles. The minimum atomic E-state index is 0.00471. The van der Waals surface area contributed by atoms with Crippen molar-refractivity contribution in [3.63, 3.8) is 0 Å². The zero-order valence-corrected chi connectivity index (χ0v) is 29.5. The molecular weight excluding hydrogens is 653 g/mol. The first kappa shape index (κ1) is 30.6. The summed E-state index contributed by atoms with van der Waals surface area (Å²) >= 11 is 0. The fourth-order valence-electron chi connectivity index (χ4n) is 8.92. The second-order valence-corrected chi connectivity index (χ2v) is 14.1. The summed E-state index contributed by atoms with van der Waals surface area (Å²) in [5.41, 5.74) is 14.3. The van der Waals surface area contributed by atoms with Gasteiger partial charge in [-0.25, -0.2) is 0 Å². The molecule has 11 rings (SSSR count). The van der Waals surface area contributed by atoms with Gasteiger partial charge in [0.2, 0.25) is 0 Å². The lowest BCUT2D eigenvalue weighted by Gasteiger charge is -2.45. The van der Waals surface area contributed by atoms with Crippen molar-refractivity contribution in [2.45, 2.75) is 0 Å². The van der Waals surface area contributed by atoms with Crippen molar-refractivity contribution < 1.29 is 0 Å². The van der Waals surface area contributed by atoms with Crippen molar-refractivity contribution in [3.8, 4) is 0 Å². The predicted octanol–water partition coefficient (Wildman–Crippen LogP) is 11.5. The molecule has 0 radical (unpaired) electrons. The summed E-state index contributed by atoms with van der Waals surface area (Å²) in [4.78, 5) is 7.45. The molecule has 0 bridgehead atoms. The third-order valence-corrected chi connectivity index (χ3v) is 11.1. The number of benzene rings is 9. The van der Waals surface area contributed by atoms with E-state index < -0.39 is 0 Å². The highest BCUT2D eigenvalue weighted by Crippen LogP contribution is 2.50. The van der Waals surface area contributed by atoms with Gasteiger partial charge >= 0.3 is 0 Å². The number of nitrogens with zero attached hydrogens (tertiary/aromatic N) is 3. The quantitative estimate of drug-likeness (QED) is 0.167. The van der Waals surface area contributed by atoms with Gasteiger partial charge in [-0.1, -0.05) is 146 Å². The van der Waals surface area contributed by atoms with E-state index in [4.69, 9.17) is 0 Å². The first-order valence-electron chi connectivity index (χ1n) is 18.7. The lowest BCUT2D eigenvalue weighted by Crippen LogP contribution is -2.61. The van der Waals surface area contributed by atoms with Crippen molar-refractivity contribution in [2.24, 2.45) is 0 Å². The number of rotatable bonds is 5. The smallest absolute Gasteiger partial charge is 0.252 e. The van der Waals surface area contributed by atoms with Gasteiger partial charge in [-0.15, -0.1) is 0 Å².